The lowest BCUT2D eigenvalue weighted by atomic mass is 10.1. The molecule has 4 aromatic heterocycles. The molecule has 30 heavy (non-hydrogen) atoms. The highest BCUT2D eigenvalue weighted by molar-refractivity contribution is 6.31. The van der Waals surface area contributed by atoms with Gasteiger partial charge in [0, 0.05) is 34.8 Å². The Morgan fingerprint density at radius 1 is 0.533 bits per heavy atom. The van der Waals surface area contributed by atoms with Crippen LogP contribution >= 0.6 is 23.2 Å². The van der Waals surface area contributed by atoms with Crippen LogP contribution in [-0.4, -0.2) is 19.9 Å². The zero-order valence-electron chi connectivity index (χ0n) is 15.4. The molecule has 0 saturated carbocycles. The van der Waals surface area contributed by atoms with Gasteiger partial charge in [-0.2, -0.15) is 10.5 Å². The van der Waals surface area contributed by atoms with Crippen molar-refractivity contribution in [2.75, 3.05) is 0 Å². The van der Waals surface area contributed by atoms with E-state index in [1.54, 1.807) is 73.3 Å². The zero-order valence-corrected chi connectivity index (χ0v) is 16.9. The van der Waals surface area contributed by atoms with E-state index in [1.165, 1.54) is 0 Å². The summed E-state index contributed by atoms with van der Waals surface area (Å²) in [5, 5.41) is 18.8. The van der Waals surface area contributed by atoms with Crippen LogP contribution in [0.25, 0.3) is 22.8 Å². The highest BCUT2D eigenvalue weighted by Crippen LogP contribution is 2.20. The number of nitrogens with zero attached hydrogens (tertiary/aromatic N) is 6. The molecule has 0 aliphatic heterocycles. The molecule has 0 bridgehead atoms. The summed E-state index contributed by atoms with van der Waals surface area (Å²) >= 11 is 11.7. The average Bonchev–Trinajstić information content (AvgIpc) is 2.79. The highest BCUT2D eigenvalue weighted by Gasteiger charge is 2.03. The van der Waals surface area contributed by atoms with Crippen molar-refractivity contribution in [3.8, 4) is 34.9 Å². The van der Waals surface area contributed by atoms with Crippen molar-refractivity contribution in [1.82, 2.24) is 19.9 Å². The van der Waals surface area contributed by atoms with Gasteiger partial charge in [-0.3, -0.25) is 19.9 Å². The minimum absolute atomic E-state index is 0.522. The van der Waals surface area contributed by atoms with E-state index in [-0.39, 0.29) is 0 Å². The summed E-state index contributed by atoms with van der Waals surface area (Å²) in [6.45, 7) is 0. The highest BCUT2D eigenvalue weighted by atomic mass is 35.5. The molecule has 0 N–H and O–H groups in total. The summed E-state index contributed by atoms with van der Waals surface area (Å²) in [5.41, 5.74) is 3.68. The van der Waals surface area contributed by atoms with Gasteiger partial charge in [0.15, 0.2) is 0 Å². The number of nitriles is 2. The van der Waals surface area contributed by atoms with Gasteiger partial charge in [-0.15, -0.1) is 0 Å². The molecular weight excluding hydrogens is 419 g/mol. The fraction of sp³-hybridized carbons (Fsp3) is 0. The number of aromatic nitrogens is 4. The molecule has 0 spiro atoms. The predicted molar refractivity (Wildman–Crippen MR) is 114 cm³/mol. The lowest BCUT2D eigenvalue weighted by molar-refractivity contribution is 1.23. The largest absolute Gasteiger partial charge is 0.255 e. The average molecular weight is 431 g/mol. The van der Waals surface area contributed by atoms with E-state index in [0.717, 1.165) is 11.4 Å². The molecule has 4 heterocycles. The molecular formula is C22H12Cl2N6. The Balaban J connectivity index is 0.000000172. The lowest BCUT2D eigenvalue weighted by Gasteiger charge is -1.99. The van der Waals surface area contributed by atoms with Crippen LogP contribution in [0, 0.1) is 22.7 Å². The fourth-order valence-electron chi connectivity index (χ4n) is 2.37. The maximum atomic E-state index is 8.76. The third-order valence-corrected chi connectivity index (χ3v) is 4.22. The third-order valence-electron chi connectivity index (χ3n) is 3.75. The van der Waals surface area contributed by atoms with Crippen LogP contribution in [0.2, 0.25) is 10.0 Å². The lowest BCUT2D eigenvalue weighted by Crippen LogP contribution is -1.89. The Kier molecular flexibility index (Phi) is 7.02. The minimum Gasteiger partial charge on any atom is -0.255 e. The first-order valence-corrected chi connectivity index (χ1v) is 9.31. The molecule has 4 rings (SSSR count). The number of hydrogen-bond donors (Lipinski definition) is 0. The Hall–Kier alpha value is -3.84. The van der Waals surface area contributed by atoms with Crippen molar-refractivity contribution >= 4 is 23.2 Å². The molecule has 4 aromatic rings. The van der Waals surface area contributed by atoms with Crippen LogP contribution in [-0.2, 0) is 0 Å². The molecule has 0 aromatic carbocycles. The third kappa shape index (κ3) is 5.59. The molecule has 0 aliphatic rings. The summed E-state index contributed by atoms with van der Waals surface area (Å²) < 4.78 is 0. The van der Waals surface area contributed by atoms with Crippen molar-refractivity contribution in [3.63, 3.8) is 0 Å². The smallest absolute Gasteiger partial charge is 0.0992 e. The van der Waals surface area contributed by atoms with Crippen molar-refractivity contribution in [1.29, 1.82) is 10.5 Å². The molecule has 0 radical (unpaired) electrons. The topological polar surface area (TPSA) is 99.1 Å². The maximum absolute atomic E-state index is 8.76. The Labute approximate surface area is 183 Å². The van der Waals surface area contributed by atoms with Gasteiger partial charge in [0.1, 0.15) is 0 Å². The quantitative estimate of drug-likeness (QED) is 0.425. The van der Waals surface area contributed by atoms with Crippen molar-refractivity contribution < 1.29 is 0 Å². The van der Waals surface area contributed by atoms with Gasteiger partial charge in [0.2, 0.25) is 0 Å². The molecule has 0 amide bonds. The molecule has 0 saturated heterocycles. The van der Waals surface area contributed by atoms with Crippen LogP contribution < -0.4 is 0 Å². The van der Waals surface area contributed by atoms with Gasteiger partial charge < -0.3 is 0 Å². The molecule has 8 heteroatoms. The van der Waals surface area contributed by atoms with E-state index in [0.29, 0.717) is 32.6 Å². The van der Waals surface area contributed by atoms with Gasteiger partial charge in [-0.25, -0.2) is 0 Å². The Morgan fingerprint density at radius 3 is 1.20 bits per heavy atom. The molecule has 144 valence electrons. The Bertz CT molecular complexity index is 1160. The van der Waals surface area contributed by atoms with Crippen LogP contribution in [0.5, 0.6) is 0 Å². The van der Waals surface area contributed by atoms with Crippen LogP contribution in [0.15, 0.2) is 73.3 Å². The maximum Gasteiger partial charge on any atom is 0.0992 e. The molecule has 0 aliphatic carbocycles. The first-order valence-electron chi connectivity index (χ1n) is 8.55. The van der Waals surface area contributed by atoms with Crippen LogP contribution in [0.3, 0.4) is 0 Å². The monoisotopic (exact) mass is 430 g/mol. The van der Waals surface area contributed by atoms with E-state index in [4.69, 9.17) is 33.7 Å². The fourth-order valence-corrected chi connectivity index (χ4v) is 2.69. The van der Waals surface area contributed by atoms with E-state index < -0.39 is 0 Å². The van der Waals surface area contributed by atoms with Gasteiger partial charge in [0.25, 0.3) is 0 Å². The summed E-state index contributed by atoms with van der Waals surface area (Å²) in [6.07, 6.45) is 6.38. The number of pyridine rings is 4. The van der Waals surface area contributed by atoms with Gasteiger partial charge in [0.05, 0.1) is 46.0 Å². The molecule has 6 nitrogen and oxygen atoms in total. The zero-order chi connectivity index (χ0) is 21.3. The van der Waals surface area contributed by atoms with Crippen molar-refractivity contribution in [2.45, 2.75) is 0 Å². The molecule has 0 fully saturated rings. The van der Waals surface area contributed by atoms with E-state index in [9.17, 15) is 0 Å². The number of hydrogen-bond acceptors (Lipinski definition) is 6. The minimum atomic E-state index is 0.522. The summed E-state index contributed by atoms with van der Waals surface area (Å²) in [7, 11) is 0. The number of halogens is 2. The number of rotatable bonds is 2. The van der Waals surface area contributed by atoms with Crippen LogP contribution in [0.1, 0.15) is 11.1 Å². The standard InChI is InChI=1S/C12H6N4.C10H6Cl2N2/c13-7-9-1-3-15-11(5-9)12-6-10(8-14)2-4-16-12;11-7-1-3-13-9(5-7)10-6-8(12)2-4-14-10/h1-6H;1-6H. The first-order chi connectivity index (χ1) is 14.6. The van der Waals surface area contributed by atoms with Crippen molar-refractivity contribution in [3.05, 3.63) is 94.5 Å². The van der Waals surface area contributed by atoms with Gasteiger partial charge in [-0.05, 0) is 48.5 Å². The van der Waals surface area contributed by atoms with E-state index >= 15 is 0 Å². The van der Waals surface area contributed by atoms with E-state index in [2.05, 4.69) is 19.9 Å². The molecule has 0 atom stereocenters. The van der Waals surface area contributed by atoms with Gasteiger partial charge >= 0.3 is 0 Å². The van der Waals surface area contributed by atoms with Crippen molar-refractivity contribution in [2.24, 2.45) is 0 Å². The van der Waals surface area contributed by atoms with E-state index in [1.807, 2.05) is 12.1 Å². The SMILES string of the molecule is Clc1ccnc(-c2cc(Cl)ccn2)c1.N#Cc1ccnc(-c2cc(C#N)ccn2)c1. The summed E-state index contributed by atoms with van der Waals surface area (Å²) in [4.78, 5) is 16.5. The molecule has 0 unspecified atom stereocenters. The summed E-state index contributed by atoms with van der Waals surface area (Å²) in [5.74, 6) is 0. The Morgan fingerprint density at radius 2 is 0.867 bits per heavy atom. The normalized spacial score (nSPS) is 9.60. The second kappa shape index (κ2) is 10.1. The first kappa shape index (κ1) is 20.9. The second-order valence-electron chi connectivity index (χ2n) is 5.80. The second-order valence-corrected chi connectivity index (χ2v) is 6.67. The van der Waals surface area contributed by atoms with Crippen LogP contribution in [0.4, 0.5) is 0 Å². The summed E-state index contributed by atoms with van der Waals surface area (Å²) in [6, 6.07) is 17.5. The predicted octanol–water partition coefficient (Wildman–Crippen LogP) is 5.34. The van der Waals surface area contributed by atoms with Gasteiger partial charge in [-0.1, -0.05) is 23.2 Å².